The summed E-state index contributed by atoms with van der Waals surface area (Å²) in [6.07, 6.45) is 0. The third-order valence-corrected chi connectivity index (χ3v) is 2.78. The van der Waals surface area contributed by atoms with Crippen molar-refractivity contribution < 1.29 is 14.7 Å². The first-order chi connectivity index (χ1) is 9.09. The van der Waals surface area contributed by atoms with Crippen LogP contribution in [0, 0.1) is 6.92 Å². The van der Waals surface area contributed by atoms with Gasteiger partial charge in [0.1, 0.15) is 0 Å². The Morgan fingerprint density at radius 1 is 0.947 bits per heavy atom. The van der Waals surface area contributed by atoms with Crippen molar-refractivity contribution in [2.45, 2.75) is 6.92 Å². The van der Waals surface area contributed by atoms with E-state index >= 15 is 0 Å². The van der Waals surface area contributed by atoms with E-state index in [0.29, 0.717) is 5.56 Å². The van der Waals surface area contributed by atoms with E-state index in [1.165, 1.54) is 12.1 Å². The Morgan fingerprint density at radius 2 is 1.53 bits per heavy atom. The number of carbonyl (C=O) groups is 2. The van der Waals surface area contributed by atoms with E-state index in [-0.39, 0.29) is 17.2 Å². The van der Waals surface area contributed by atoms with E-state index in [1.54, 1.807) is 24.3 Å². The molecule has 0 saturated heterocycles. The number of amides is 1. The van der Waals surface area contributed by atoms with Gasteiger partial charge in [-0.1, -0.05) is 36.4 Å². The zero-order chi connectivity index (χ0) is 13.8. The number of aromatic carboxylic acids is 1. The van der Waals surface area contributed by atoms with Crippen molar-refractivity contribution in [3.05, 3.63) is 65.2 Å². The molecule has 1 N–H and O–H groups in total. The van der Waals surface area contributed by atoms with Crippen LogP contribution < -0.4 is 10.4 Å². The number of carboxylic acid groups (broad SMARTS) is 1. The number of anilines is 1. The Kier molecular flexibility index (Phi) is 3.61. The molecule has 0 aliphatic heterocycles. The highest BCUT2D eigenvalue weighted by molar-refractivity contribution is 6.08. The van der Waals surface area contributed by atoms with Crippen molar-refractivity contribution in [3.63, 3.8) is 0 Å². The average Bonchev–Trinajstić information content (AvgIpc) is 2.39. The average molecular weight is 254 g/mol. The Bertz CT molecular complexity index is 635. The molecule has 0 aliphatic rings. The second kappa shape index (κ2) is 5.35. The summed E-state index contributed by atoms with van der Waals surface area (Å²) in [5.74, 6) is -1.66. The van der Waals surface area contributed by atoms with Crippen molar-refractivity contribution in [3.8, 4) is 0 Å². The van der Waals surface area contributed by atoms with Crippen molar-refractivity contribution in [1.29, 1.82) is 0 Å². The molecule has 2 aromatic rings. The van der Waals surface area contributed by atoms with Crippen LogP contribution in [0.4, 0.5) is 5.69 Å². The van der Waals surface area contributed by atoms with Gasteiger partial charge in [0, 0.05) is 11.1 Å². The van der Waals surface area contributed by atoms with Crippen molar-refractivity contribution in [2.75, 3.05) is 5.32 Å². The SMILES string of the molecule is Cc1ccccc1C(=O)Nc1ccccc1C(=O)[O-]. The smallest absolute Gasteiger partial charge is 0.255 e. The van der Waals surface area contributed by atoms with E-state index in [1.807, 2.05) is 19.1 Å². The molecule has 0 bridgehead atoms. The molecule has 0 aromatic heterocycles. The van der Waals surface area contributed by atoms with Gasteiger partial charge in [-0.25, -0.2) is 0 Å². The lowest BCUT2D eigenvalue weighted by atomic mass is 10.1. The fraction of sp³-hybridized carbons (Fsp3) is 0.0667. The molecule has 4 heteroatoms. The Balaban J connectivity index is 2.30. The van der Waals surface area contributed by atoms with Gasteiger partial charge in [-0.3, -0.25) is 4.79 Å². The number of rotatable bonds is 3. The molecule has 0 unspecified atom stereocenters. The second-order valence-electron chi connectivity index (χ2n) is 4.10. The zero-order valence-corrected chi connectivity index (χ0v) is 10.3. The maximum Gasteiger partial charge on any atom is 0.255 e. The van der Waals surface area contributed by atoms with Gasteiger partial charge in [0.15, 0.2) is 0 Å². The highest BCUT2D eigenvalue weighted by Crippen LogP contribution is 2.16. The number of carboxylic acids is 1. The number of carbonyl (C=O) groups excluding carboxylic acids is 2. The fourth-order valence-corrected chi connectivity index (χ4v) is 1.79. The molecule has 0 radical (unpaired) electrons. The summed E-state index contributed by atoms with van der Waals surface area (Å²) in [5, 5.41) is 13.5. The van der Waals surface area contributed by atoms with Crippen LogP contribution in [-0.2, 0) is 0 Å². The lowest BCUT2D eigenvalue weighted by Crippen LogP contribution is -2.25. The first-order valence-electron chi connectivity index (χ1n) is 5.77. The van der Waals surface area contributed by atoms with Crippen LogP contribution in [-0.4, -0.2) is 11.9 Å². The Labute approximate surface area is 110 Å². The minimum Gasteiger partial charge on any atom is -0.545 e. The van der Waals surface area contributed by atoms with Gasteiger partial charge in [0.2, 0.25) is 0 Å². The normalized spacial score (nSPS) is 9.95. The summed E-state index contributed by atoms with van der Waals surface area (Å²) in [6, 6.07) is 13.2. The van der Waals surface area contributed by atoms with Gasteiger partial charge in [-0.2, -0.15) is 0 Å². The van der Waals surface area contributed by atoms with E-state index in [4.69, 9.17) is 0 Å². The lowest BCUT2D eigenvalue weighted by Gasteiger charge is -2.12. The highest BCUT2D eigenvalue weighted by Gasteiger charge is 2.10. The molecule has 2 aromatic carbocycles. The maximum absolute atomic E-state index is 12.1. The fourth-order valence-electron chi connectivity index (χ4n) is 1.79. The van der Waals surface area contributed by atoms with Crippen molar-refractivity contribution >= 4 is 17.6 Å². The molecule has 0 fully saturated rings. The van der Waals surface area contributed by atoms with Crippen LogP contribution in [0.1, 0.15) is 26.3 Å². The quantitative estimate of drug-likeness (QED) is 0.904. The van der Waals surface area contributed by atoms with Gasteiger partial charge >= 0.3 is 0 Å². The van der Waals surface area contributed by atoms with Crippen LogP contribution in [0.5, 0.6) is 0 Å². The topological polar surface area (TPSA) is 69.2 Å². The molecule has 4 nitrogen and oxygen atoms in total. The van der Waals surface area contributed by atoms with E-state index in [9.17, 15) is 14.7 Å². The number of para-hydroxylation sites is 1. The molecule has 2 rings (SSSR count). The Hall–Kier alpha value is -2.62. The van der Waals surface area contributed by atoms with Crippen LogP contribution in [0.3, 0.4) is 0 Å². The zero-order valence-electron chi connectivity index (χ0n) is 10.3. The summed E-state index contributed by atoms with van der Waals surface area (Å²) in [5.41, 5.74) is 1.53. The third kappa shape index (κ3) is 2.80. The number of benzene rings is 2. The predicted octanol–water partition coefficient (Wildman–Crippen LogP) is 1.61. The molecule has 0 heterocycles. The number of nitrogens with one attached hydrogen (secondary N) is 1. The molecule has 0 aliphatic carbocycles. The second-order valence-corrected chi connectivity index (χ2v) is 4.10. The molecule has 1 amide bonds. The van der Waals surface area contributed by atoms with Gasteiger partial charge in [-0.15, -0.1) is 0 Å². The van der Waals surface area contributed by atoms with Gasteiger partial charge in [0.25, 0.3) is 5.91 Å². The van der Waals surface area contributed by atoms with Crippen LogP contribution >= 0.6 is 0 Å². The van der Waals surface area contributed by atoms with Gasteiger partial charge < -0.3 is 15.2 Å². The molecule has 0 spiro atoms. The molecular formula is C15H12NO3-. The molecule has 19 heavy (non-hydrogen) atoms. The predicted molar refractivity (Wildman–Crippen MR) is 69.9 cm³/mol. The van der Waals surface area contributed by atoms with Crippen LogP contribution in [0.2, 0.25) is 0 Å². The summed E-state index contributed by atoms with van der Waals surface area (Å²) in [7, 11) is 0. The molecule has 0 saturated carbocycles. The summed E-state index contributed by atoms with van der Waals surface area (Å²) in [4.78, 5) is 23.0. The number of hydrogen-bond acceptors (Lipinski definition) is 3. The van der Waals surface area contributed by atoms with E-state index in [0.717, 1.165) is 5.56 Å². The standard InChI is InChI=1S/C15H13NO3/c1-10-6-2-3-7-11(10)14(17)16-13-9-5-4-8-12(13)15(18)19/h2-9H,1H3,(H,16,17)(H,18,19)/p-1. The summed E-state index contributed by atoms with van der Waals surface area (Å²) >= 11 is 0. The summed E-state index contributed by atoms with van der Waals surface area (Å²) in [6.45, 7) is 1.82. The third-order valence-electron chi connectivity index (χ3n) is 2.78. The van der Waals surface area contributed by atoms with E-state index < -0.39 is 5.97 Å². The van der Waals surface area contributed by atoms with Crippen LogP contribution in [0.15, 0.2) is 48.5 Å². The minimum atomic E-state index is -1.32. The number of hydrogen-bond donors (Lipinski definition) is 1. The monoisotopic (exact) mass is 254 g/mol. The number of aryl methyl sites for hydroxylation is 1. The van der Waals surface area contributed by atoms with Gasteiger partial charge in [0.05, 0.1) is 11.7 Å². The summed E-state index contributed by atoms with van der Waals surface area (Å²) < 4.78 is 0. The lowest BCUT2D eigenvalue weighted by molar-refractivity contribution is -0.254. The first kappa shape index (κ1) is 12.8. The maximum atomic E-state index is 12.1. The first-order valence-corrected chi connectivity index (χ1v) is 5.77. The van der Waals surface area contributed by atoms with Crippen molar-refractivity contribution in [1.82, 2.24) is 0 Å². The van der Waals surface area contributed by atoms with Crippen LogP contribution in [0.25, 0.3) is 0 Å². The van der Waals surface area contributed by atoms with Crippen molar-refractivity contribution in [2.24, 2.45) is 0 Å². The minimum absolute atomic E-state index is 0.0376. The van der Waals surface area contributed by atoms with E-state index in [2.05, 4.69) is 5.32 Å². The van der Waals surface area contributed by atoms with Gasteiger partial charge in [-0.05, 0) is 24.6 Å². The molecule has 0 atom stereocenters. The largest absolute Gasteiger partial charge is 0.545 e. The Morgan fingerprint density at radius 3 is 2.16 bits per heavy atom. The molecule has 96 valence electrons. The highest BCUT2D eigenvalue weighted by atomic mass is 16.4. The molecular weight excluding hydrogens is 242 g/mol.